The number of hydrogen-bond donors (Lipinski definition) is 0. The maximum absolute atomic E-state index is 12.5. The summed E-state index contributed by atoms with van der Waals surface area (Å²) in [5, 5.41) is 0. The van der Waals surface area contributed by atoms with Crippen molar-refractivity contribution in [1.82, 2.24) is 0 Å². The van der Waals surface area contributed by atoms with E-state index in [4.69, 9.17) is 0 Å². The van der Waals surface area contributed by atoms with Crippen molar-refractivity contribution in [1.29, 1.82) is 0 Å². The van der Waals surface area contributed by atoms with E-state index in [0.717, 1.165) is 0 Å². The molecule has 0 saturated heterocycles. The molecule has 0 radical (unpaired) electrons. The number of rotatable bonds is 5. The molecule has 0 aliphatic rings. The molecule has 1 unspecified atom stereocenters. The van der Waals surface area contributed by atoms with Gasteiger partial charge in [-0.3, -0.25) is 0 Å². The van der Waals surface area contributed by atoms with Gasteiger partial charge in [0, 0.05) is 5.57 Å². The van der Waals surface area contributed by atoms with Crippen LogP contribution in [0.2, 0.25) is 0 Å². The van der Waals surface area contributed by atoms with Gasteiger partial charge in [-0.2, -0.15) is 8.42 Å². The lowest BCUT2D eigenvalue weighted by atomic mass is 10.4. The molecule has 0 aliphatic carbocycles. The van der Waals surface area contributed by atoms with Crippen LogP contribution in [0, 0.1) is 0 Å². The van der Waals surface area contributed by atoms with Gasteiger partial charge in [0.15, 0.2) is 0 Å². The Labute approximate surface area is 79.3 Å². The lowest BCUT2D eigenvalue weighted by Gasteiger charge is -2.06. The van der Waals surface area contributed by atoms with Crippen molar-refractivity contribution in [2.24, 2.45) is 0 Å². The Morgan fingerprint density at radius 1 is 1.57 bits per heavy atom. The van der Waals surface area contributed by atoms with Crippen LogP contribution in [-0.2, 0) is 24.0 Å². The summed E-state index contributed by atoms with van der Waals surface area (Å²) in [6.07, 6.45) is 0. The normalized spacial score (nSPS) is 13.4. The molecule has 1 atom stereocenters. The molecule has 0 fully saturated rings. The molecule has 0 aromatic heterocycles. The first-order chi connectivity index (χ1) is 6.31. The number of carbonyl (C=O) groups excluding carboxylic acids is 1. The Hall–Kier alpha value is -1.02. The highest BCUT2D eigenvalue weighted by atomic mass is 32.2. The van der Waals surface area contributed by atoms with Crippen LogP contribution in [0.3, 0.4) is 0 Å². The average molecular weight is 230 g/mol. The smallest absolute Gasteiger partial charge is 0.333 e. The van der Waals surface area contributed by atoms with E-state index in [1.807, 2.05) is 0 Å². The van der Waals surface area contributed by atoms with Crippen molar-refractivity contribution < 1.29 is 31.3 Å². The van der Waals surface area contributed by atoms with E-state index in [1.165, 1.54) is 6.92 Å². The quantitative estimate of drug-likeness (QED) is 0.511. The lowest BCUT2D eigenvalue weighted by molar-refractivity contribution is -0.139. The van der Waals surface area contributed by atoms with E-state index in [2.05, 4.69) is 15.7 Å². The molecule has 0 bridgehead atoms. The van der Waals surface area contributed by atoms with E-state index in [9.17, 15) is 22.1 Å². The van der Waals surface area contributed by atoms with E-state index in [-0.39, 0.29) is 5.57 Å². The largest absolute Gasteiger partial charge is 0.458 e. The Morgan fingerprint density at radius 3 is 2.43 bits per heavy atom. The molecule has 0 N–H and O–H groups in total. The van der Waals surface area contributed by atoms with Gasteiger partial charge in [0.2, 0.25) is 0 Å². The summed E-state index contributed by atoms with van der Waals surface area (Å²) >= 11 is 0. The number of halogens is 2. The maximum atomic E-state index is 12.5. The van der Waals surface area contributed by atoms with Crippen LogP contribution in [0.25, 0.3) is 0 Å². The van der Waals surface area contributed by atoms with E-state index < -0.39 is 28.2 Å². The van der Waals surface area contributed by atoms with Gasteiger partial charge in [-0.1, -0.05) is 11.0 Å². The SMILES string of the molecule is C=C(C)C(=O)OCC(F)S(=O)(=O)OF. The summed E-state index contributed by atoms with van der Waals surface area (Å²) in [6.45, 7) is 3.31. The van der Waals surface area contributed by atoms with Gasteiger partial charge in [-0.05, 0) is 11.4 Å². The van der Waals surface area contributed by atoms with Gasteiger partial charge in [0.05, 0.1) is 0 Å². The van der Waals surface area contributed by atoms with Crippen molar-refractivity contribution in [3.8, 4) is 0 Å². The van der Waals surface area contributed by atoms with E-state index in [1.54, 1.807) is 0 Å². The fraction of sp³-hybridized carbons (Fsp3) is 0.500. The molecule has 0 spiro atoms. The number of hydrogen-bond acceptors (Lipinski definition) is 5. The van der Waals surface area contributed by atoms with Crippen LogP contribution in [0.15, 0.2) is 12.2 Å². The fourth-order valence-electron chi connectivity index (χ4n) is 0.387. The third kappa shape index (κ3) is 3.79. The minimum Gasteiger partial charge on any atom is -0.458 e. The standard InChI is InChI=1S/C6H8F2O5S/c1-4(2)6(9)12-3-5(7)14(10,11)13-8/h5H,1,3H2,2H3. The Balaban J connectivity index is 4.17. The zero-order valence-electron chi connectivity index (χ0n) is 7.20. The van der Waals surface area contributed by atoms with Gasteiger partial charge >= 0.3 is 16.1 Å². The number of esters is 1. The molecule has 82 valence electrons. The molecular formula is C6H8F2O5S. The predicted molar refractivity (Wildman–Crippen MR) is 41.8 cm³/mol. The number of alkyl halides is 1. The van der Waals surface area contributed by atoms with Gasteiger partial charge in [-0.15, -0.1) is 0 Å². The molecular weight excluding hydrogens is 222 g/mol. The lowest BCUT2D eigenvalue weighted by Crippen LogP contribution is -2.24. The van der Waals surface area contributed by atoms with Crippen molar-refractivity contribution in [3.63, 3.8) is 0 Å². The first-order valence-corrected chi connectivity index (χ1v) is 4.79. The van der Waals surface area contributed by atoms with E-state index >= 15 is 0 Å². The topological polar surface area (TPSA) is 69.7 Å². The Bertz CT molecular complexity index is 323. The molecule has 0 amide bonds. The van der Waals surface area contributed by atoms with Crippen molar-refractivity contribution in [2.45, 2.75) is 12.4 Å². The molecule has 5 nitrogen and oxygen atoms in total. The summed E-state index contributed by atoms with van der Waals surface area (Å²) in [7, 11) is -4.96. The highest BCUT2D eigenvalue weighted by Gasteiger charge is 2.28. The number of carbonyl (C=O) groups is 1. The average Bonchev–Trinajstić information content (AvgIpc) is 2.13. The van der Waals surface area contributed by atoms with Crippen LogP contribution in [0.1, 0.15) is 6.92 Å². The highest BCUT2D eigenvalue weighted by Crippen LogP contribution is 2.07. The molecule has 0 aromatic rings. The van der Waals surface area contributed by atoms with Crippen LogP contribution in [0.5, 0.6) is 0 Å². The van der Waals surface area contributed by atoms with E-state index in [0.29, 0.717) is 0 Å². The molecule has 8 heteroatoms. The third-order valence-electron chi connectivity index (χ3n) is 1.09. The minimum atomic E-state index is -4.96. The Morgan fingerprint density at radius 2 is 2.07 bits per heavy atom. The zero-order chi connectivity index (χ0) is 11.4. The van der Waals surface area contributed by atoms with Gasteiger partial charge < -0.3 is 4.74 Å². The van der Waals surface area contributed by atoms with Crippen LogP contribution < -0.4 is 0 Å². The minimum absolute atomic E-state index is 0.0317. The summed E-state index contributed by atoms with van der Waals surface area (Å²) in [5.74, 6) is -0.971. The third-order valence-corrected chi connectivity index (χ3v) is 2.03. The molecule has 0 aromatic carbocycles. The monoisotopic (exact) mass is 230 g/mol. The predicted octanol–water partition coefficient (Wildman–Crippen LogP) is 0.632. The van der Waals surface area contributed by atoms with Crippen molar-refractivity contribution in [2.75, 3.05) is 6.61 Å². The first-order valence-electron chi connectivity index (χ1n) is 3.32. The molecule has 0 saturated carbocycles. The van der Waals surface area contributed by atoms with Gasteiger partial charge in [0.1, 0.15) is 6.61 Å². The van der Waals surface area contributed by atoms with Crippen molar-refractivity contribution >= 4 is 16.1 Å². The maximum Gasteiger partial charge on any atom is 0.333 e. The summed E-state index contributed by atoms with van der Waals surface area (Å²) in [6, 6.07) is 0. The fourth-order valence-corrected chi connectivity index (χ4v) is 0.701. The molecule has 0 aliphatic heterocycles. The van der Waals surface area contributed by atoms with Crippen molar-refractivity contribution in [3.05, 3.63) is 12.2 Å². The van der Waals surface area contributed by atoms with Gasteiger partial charge in [-0.25, -0.2) is 9.18 Å². The summed E-state index contributed by atoms with van der Waals surface area (Å²) in [5.41, 5.74) is -2.79. The second kappa shape index (κ2) is 5.01. The first kappa shape index (κ1) is 13.0. The van der Waals surface area contributed by atoms with Crippen LogP contribution >= 0.6 is 0 Å². The van der Waals surface area contributed by atoms with Crippen LogP contribution in [-0.4, -0.2) is 26.5 Å². The summed E-state index contributed by atoms with van der Waals surface area (Å²) in [4.78, 5) is 10.6. The highest BCUT2D eigenvalue weighted by molar-refractivity contribution is 7.87. The van der Waals surface area contributed by atoms with Gasteiger partial charge in [0.25, 0.3) is 5.50 Å². The molecule has 0 heterocycles. The Kier molecular flexibility index (Phi) is 4.64. The molecule has 0 rings (SSSR count). The molecule has 14 heavy (non-hydrogen) atoms. The second-order valence-corrected chi connectivity index (χ2v) is 3.97. The second-order valence-electron chi connectivity index (χ2n) is 2.34. The summed E-state index contributed by atoms with van der Waals surface area (Å²) < 4.78 is 50.8. The number of ether oxygens (including phenoxy) is 1. The van der Waals surface area contributed by atoms with Crippen LogP contribution in [0.4, 0.5) is 8.92 Å². The zero-order valence-corrected chi connectivity index (χ0v) is 8.01.